The second kappa shape index (κ2) is 5.36. The first-order chi connectivity index (χ1) is 10.3. The summed E-state index contributed by atoms with van der Waals surface area (Å²) >= 11 is 0. The fourth-order valence-corrected chi connectivity index (χ4v) is 3.26. The van der Waals surface area contributed by atoms with Crippen LogP contribution >= 0.6 is 0 Å². The number of nitrogens with zero attached hydrogens (tertiary/aromatic N) is 1. The van der Waals surface area contributed by atoms with Gasteiger partial charge in [0.25, 0.3) is 5.91 Å². The van der Waals surface area contributed by atoms with Crippen LogP contribution in [0.2, 0.25) is 0 Å². The second-order valence-corrected chi connectivity index (χ2v) is 7.00. The minimum atomic E-state index is 0.252. The van der Waals surface area contributed by atoms with Crippen LogP contribution in [0.1, 0.15) is 48.0 Å². The Morgan fingerprint density at radius 1 is 1.14 bits per heavy atom. The first-order valence-electron chi connectivity index (χ1n) is 8.45. The van der Waals surface area contributed by atoms with Crippen molar-refractivity contribution < 1.29 is 4.79 Å². The summed E-state index contributed by atoms with van der Waals surface area (Å²) in [6.45, 7) is 3.01. The van der Waals surface area contributed by atoms with Crippen molar-refractivity contribution in [3.05, 3.63) is 29.3 Å². The van der Waals surface area contributed by atoms with Crippen molar-refractivity contribution in [1.29, 1.82) is 0 Å². The first-order valence-corrected chi connectivity index (χ1v) is 8.45. The molecule has 0 spiro atoms. The Balaban J connectivity index is 1.52. The van der Waals surface area contributed by atoms with Crippen LogP contribution in [0, 0.1) is 11.8 Å². The predicted octanol–water partition coefficient (Wildman–Crippen LogP) is 3.31. The molecule has 112 valence electrons. The number of rotatable bonds is 5. The highest BCUT2D eigenvalue weighted by Crippen LogP contribution is 2.34. The van der Waals surface area contributed by atoms with Gasteiger partial charge in [-0.3, -0.25) is 4.79 Å². The highest BCUT2D eigenvalue weighted by molar-refractivity contribution is 5.95. The average Bonchev–Trinajstić information content (AvgIpc) is 3.41. The van der Waals surface area contributed by atoms with Gasteiger partial charge in [-0.2, -0.15) is 0 Å². The number of nitrogens with one attached hydrogen (secondary N) is 1. The number of carbonyl (C=O) groups excluding carboxylic acids is 1. The van der Waals surface area contributed by atoms with Gasteiger partial charge in [-0.05, 0) is 74.1 Å². The molecule has 3 nitrogen and oxygen atoms in total. The number of fused-ring (bicyclic) bond motifs is 1. The lowest BCUT2D eigenvalue weighted by Crippen LogP contribution is -2.34. The van der Waals surface area contributed by atoms with Gasteiger partial charge >= 0.3 is 0 Å². The van der Waals surface area contributed by atoms with E-state index in [2.05, 4.69) is 22.3 Å². The van der Waals surface area contributed by atoms with Gasteiger partial charge in [0.15, 0.2) is 0 Å². The fraction of sp³-hybridized carbons (Fsp3) is 0.611. The molecule has 1 aliphatic heterocycles. The van der Waals surface area contributed by atoms with Crippen molar-refractivity contribution in [1.82, 2.24) is 4.90 Å². The van der Waals surface area contributed by atoms with Crippen LogP contribution in [0.25, 0.3) is 0 Å². The third-order valence-corrected chi connectivity index (χ3v) is 4.93. The highest BCUT2D eigenvalue weighted by atomic mass is 16.2. The Kier molecular flexibility index (Phi) is 3.36. The number of carbonyl (C=O) groups is 1. The summed E-state index contributed by atoms with van der Waals surface area (Å²) in [5, 5.41) is 3.42. The number of hydrogen-bond donors (Lipinski definition) is 1. The third kappa shape index (κ3) is 3.07. The van der Waals surface area contributed by atoms with E-state index in [9.17, 15) is 4.79 Å². The van der Waals surface area contributed by atoms with Crippen molar-refractivity contribution >= 4 is 11.6 Å². The summed E-state index contributed by atoms with van der Waals surface area (Å²) < 4.78 is 0. The van der Waals surface area contributed by atoms with Gasteiger partial charge in [-0.25, -0.2) is 0 Å². The summed E-state index contributed by atoms with van der Waals surface area (Å²) in [5.74, 6) is 1.79. The third-order valence-electron chi connectivity index (χ3n) is 4.93. The molecule has 4 rings (SSSR count). The molecule has 2 aliphatic carbocycles. The summed E-state index contributed by atoms with van der Waals surface area (Å²) in [7, 11) is 0. The van der Waals surface area contributed by atoms with Crippen molar-refractivity contribution in [3.63, 3.8) is 0 Å². The van der Waals surface area contributed by atoms with E-state index in [0.29, 0.717) is 0 Å². The van der Waals surface area contributed by atoms with Crippen molar-refractivity contribution in [2.45, 2.75) is 38.5 Å². The van der Waals surface area contributed by atoms with Gasteiger partial charge in [-0.15, -0.1) is 0 Å². The standard InChI is InChI=1S/C18H24N2O/c21-18(20(11-13-3-4-13)12-14-5-6-14)16-7-8-17-15(10-16)2-1-9-19-17/h7-8,10,13-14,19H,1-6,9,11-12H2. The lowest BCUT2D eigenvalue weighted by Gasteiger charge is -2.24. The minimum absolute atomic E-state index is 0.252. The molecule has 0 atom stereocenters. The second-order valence-electron chi connectivity index (χ2n) is 7.00. The molecule has 3 aliphatic rings. The van der Waals surface area contributed by atoms with Crippen LogP contribution in [-0.2, 0) is 6.42 Å². The zero-order valence-corrected chi connectivity index (χ0v) is 12.6. The van der Waals surface area contributed by atoms with Crippen LogP contribution in [0.4, 0.5) is 5.69 Å². The minimum Gasteiger partial charge on any atom is -0.385 e. The molecule has 1 aromatic rings. The van der Waals surface area contributed by atoms with Crippen LogP contribution in [0.5, 0.6) is 0 Å². The van der Waals surface area contributed by atoms with E-state index in [1.807, 2.05) is 6.07 Å². The zero-order valence-electron chi connectivity index (χ0n) is 12.6. The van der Waals surface area contributed by atoms with E-state index in [0.717, 1.165) is 43.5 Å². The number of amides is 1. The quantitative estimate of drug-likeness (QED) is 0.899. The lowest BCUT2D eigenvalue weighted by molar-refractivity contribution is 0.0739. The molecule has 1 amide bonds. The maximum absolute atomic E-state index is 12.9. The summed E-state index contributed by atoms with van der Waals surface area (Å²) in [6.07, 6.45) is 7.49. The van der Waals surface area contributed by atoms with Gasteiger partial charge in [0, 0.05) is 30.9 Å². The van der Waals surface area contributed by atoms with Crippen molar-refractivity contribution in [3.8, 4) is 0 Å². The zero-order chi connectivity index (χ0) is 14.2. The molecular formula is C18H24N2O. The molecular weight excluding hydrogens is 260 g/mol. The van der Waals surface area contributed by atoms with Crippen LogP contribution in [0.15, 0.2) is 18.2 Å². The molecule has 1 aromatic carbocycles. The lowest BCUT2D eigenvalue weighted by atomic mass is 10.00. The molecule has 0 unspecified atom stereocenters. The van der Waals surface area contributed by atoms with Crippen molar-refractivity contribution in [2.75, 3.05) is 25.0 Å². The SMILES string of the molecule is O=C(c1ccc2c(c1)CCCN2)N(CC1CC1)CC1CC1. The van der Waals surface area contributed by atoms with Crippen LogP contribution in [-0.4, -0.2) is 30.4 Å². The monoisotopic (exact) mass is 284 g/mol. The van der Waals surface area contributed by atoms with E-state index in [-0.39, 0.29) is 5.91 Å². The van der Waals surface area contributed by atoms with Crippen LogP contribution < -0.4 is 5.32 Å². The number of aryl methyl sites for hydroxylation is 1. The summed E-state index contributed by atoms with van der Waals surface area (Å²) in [5.41, 5.74) is 3.41. The molecule has 21 heavy (non-hydrogen) atoms. The maximum atomic E-state index is 12.9. The molecule has 0 bridgehead atoms. The Bertz CT molecular complexity index is 532. The molecule has 2 fully saturated rings. The van der Waals surface area contributed by atoms with Gasteiger partial charge in [0.2, 0.25) is 0 Å². The molecule has 1 heterocycles. The smallest absolute Gasteiger partial charge is 0.253 e. The maximum Gasteiger partial charge on any atom is 0.253 e. The van der Waals surface area contributed by atoms with E-state index < -0.39 is 0 Å². The van der Waals surface area contributed by atoms with Gasteiger partial charge in [0.1, 0.15) is 0 Å². The molecule has 2 saturated carbocycles. The summed E-state index contributed by atoms with van der Waals surface area (Å²) in [6, 6.07) is 6.22. The number of anilines is 1. The molecule has 0 radical (unpaired) electrons. The summed E-state index contributed by atoms with van der Waals surface area (Å²) in [4.78, 5) is 15.0. The van der Waals surface area contributed by atoms with E-state index in [1.165, 1.54) is 43.4 Å². The molecule has 0 saturated heterocycles. The van der Waals surface area contributed by atoms with E-state index >= 15 is 0 Å². The Hall–Kier alpha value is -1.51. The van der Waals surface area contributed by atoms with E-state index in [4.69, 9.17) is 0 Å². The Morgan fingerprint density at radius 2 is 1.86 bits per heavy atom. The number of hydrogen-bond acceptors (Lipinski definition) is 2. The average molecular weight is 284 g/mol. The van der Waals surface area contributed by atoms with Gasteiger partial charge in [0.05, 0.1) is 0 Å². The number of benzene rings is 1. The Morgan fingerprint density at radius 3 is 2.52 bits per heavy atom. The normalized spacial score (nSPS) is 20.6. The molecule has 1 N–H and O–H groups in total. The molecule has 3 heteroatoms. The largest absolute Gasteiger partial charge is 0.385 e. The highest BCUT2D eigenvalue weighted by Gasteiger charge is 2.32. The molecule has 0 aromatic heterocycles. The fourth-order valence-electron chi connectivity index (χ4n) is 3.26. The predicted molar refractivity (Wildman–Crippen MR) is 84.6 cm³/mol. The van der Waals surface area contributed by atoms with Crippen molar-refractivity contribution in [2.24, 2.45) is 11.8 Å². The topological polar surface area (TPSA) is 32.3 Å². The first kappa shape index (κ1) is 13.2. The van der Waals surface area contributed by atoms with E-state index in [1.54, 1.807) is 0 Å². The van der Waals surface area contributed by atoms with Gasteiger partial charge in [-0.1, -0.05) is 0 Å². The Labute approximate surface area is 126 Å². The van der Waals surface area contributed by atoms with Gasteiger partial charge < -0.3 is 10.2 Å². The van der Waals surface area contributed by atoms with Crippen LogP contribution in [0.3, 0.4) is 0 Å².